The van der Waals surface area contributed by atoms with Crippen molar-refractivity contribution in [1.29, 1.82) is 0 Å². The number of unbranched alkanes of at least 4 members (excludes halogenated alkanes) is 14. The molecule has 0 aliphatic heterocycles. The lowest BCUT2D eigenvalue weighted by molar-refractivity contribution is -0.140. The molecular weight excluding hydrogens is 288 g/mol. The summed E-state index contributed by atoms with van der Waals surface area (Å²) in [5.41, 5.74) is 0. The van der Waals surface area contributed by atoms with E-state index < -0.39 is 5.97 Å². The van der Waals surface area contributed by atoms with Crippen molar-refractivity contribution in [3.63, 3.8) is 0 Å². The molecule has 0 amide bonds. The smallest absolute Gasteiger partial charge is 0.310 e. The van der Waals surface area contributed by atoms with Gasteiger partial charge >= 0.3 is 5.97 Å². The van der Waals surface area contributed by atoms with Crippen LogP contribution in [-0.2, 0) is 9.59 Å². The van der Waals surface area contributed by atoms with Crippen LogP contribution in [0.15, 0.2) is 0 Å². The summed E-state index contributed by atoms with van der Waals surface area (Å²) >= 11 is 0. The highest BCUT2D eigenvalue weighted by Crippen LogP contribution is 2.13. The fourth-order valence-electron chi connectivity index (χ4n) is 2.95. The molecule has 0 aromatic rings. The van der Waals surface area contributed by atoms with Gasteiger partial charge in [0.05, 0.1) is 0 Å². The molecule has 0 aliphatic rings. The third-order valence-electron chi connectivity index (χ3n) is 4.41. The minimum atomic E-state index is -1.00. The number of rotatable bonds is 18. The fourth-order valence-corrected chi connectivity index (χ4v) is 2.95. The predicted molar refractivity (Wildman–Crippen MR) is 96.8 cm³/mol. The zero-order valence-corrected chi connectivity index (χ0v) is 15.3. The van der Waals surface area contributed by atoms with Crippen molar-refractivity contribution in [2.45, 2.75) is 116 Å². The van der Waals surface area contributed by atoms with Crippen LogP contribution < -0.4 is 0 Å². The van der Waals surface area contributed by atoms with Gasteiger partial charge in [-0.2, -0.15) is 0 Å². The highest BCUT2D eigenvalue weighted by atomic mass is 16.4. The molecule has 23 heavy (non-hydrogen) atoms. The van der Waals surface area contributed by atoms with Crippen molar-refractivity contribution in [2.24, 2.45) is 0 Å². The van der Waals surface area contributed by atoms with Crippen molar-refractivity contribution in [1.82, 2.24) is 0 Å². The Morgan fingerprint density at radius 3 is 1.30 bits per heavy atom. The molecule has 3 nitrogen and oxygen atoms in total. The molecule has 0 spiro atoms. The first-order valence-corrected chi connectivity index (χ1v) is 9.90. The fraction of sp³-hybridized carbons (Fsp3) is 0.900. The number of ketones is 1. The number of carboxylic acids is 1. The molecular formula is C20H38O3. The van der Waals surface area contributed by atoms with E-state index in [-0.39, 0.29) is 12.2 Å². The van der Waals surface area contributed by atoms with Gasteiger partial charge in [0.1, 0.15) is 12.2 Å². The predicted octanol–water partition coefficient (Wildman–Crippen LogP) is 6.29. The molecule has 3 heteroatoms. The van der Waals surface area contributed by atoms with Crippen LogP contribution in [0.3, 0.4) is 0 Å². The summed E-state index contributed by atoms with van der Waals surface area (Å²) in [6.07, 6.45) is 19.7. The van der Waals surface area contributed by atoms with E-state index in [9.17, 15) is 9.59 Å². The van der Waals surface area contributed by atoms with Gasteiger partial charge in [0.25, 0.3) is 0 Å². The SMILES string of the molecule is CCCCCCCCCCCCCCCCCC(=O)CC(=O)O. The van der Waals surface area contributed by atoms with Gasteiger partial charge < -0.3 is 5.11 Å². The van der Waals surface area contributed by atoms with E-state index in [0.717, 1.165) is 12.8 Å². The maximum Gasteiger partial charge on any atom is 0.310 e. The lowest BCUT2D eigenvalue weighted by Gasteiger charge is -2.03. The summed E-state index contributed by atoms with van der Waals surface area (Å²) in [6, 6.07) is 0. The first-order valence-electron chi connectivity index (χ1n) is 9.90. The topological polar surface area (TPSA) is 54.4 Å². The van der Waals surface area contributed by atoms with Crippen molar-refractivity contribution in [3.05, 3.63) is 0 Å². The second kappa shape index (κ2) is 17.5. The molecule has 0 bridgehead atoms. The van der Waals surface area contributed by atoms with Gasteiger partial charge in [-0.25, -0.2) is 0 Å². The van der Waals surface area contributed by atoms with Crippen LogP contribution in [-0.4, -0.2) is 16.9 Å². The Morgan fingerprint density at radius 2 is 0.957 bits per heavy atom. The van der Waals surface area contributed by atoms with E-state index in [1.807, 2.05) is 0 Å². The van der Waals surface area contributed by atoms with E-state index in [1.54, 1.807) is 0 Å². The van der Waals surface area contributed by atoms with Crippen LogP contribution in [0.4, 0.5) is 0 Å². The number of hydrogen-bond donors (Lipinski definition) is 1. The van der Waals surface area contributed by atoms with Gasteiger partial charge in [-0.05, 0) is 6.42 Å². The number of carbonyl (C=O) groups is 2. The van der Waals surface area contributed by atoms with Gasteiger partial charge in [-0.3, -0.25) is 9.59 Å². The van der Waals surface area contributed by atoms with E-state index in [0.29, 0.717) is 6.42 Å². The van der Waals surface area contributed by atoms with E-state index >= 15 is 0 Å². The average molecular weight is 327 g/mol. The Kier molecular flexibility index (Phi) is 16.8. The number of hydrogen-bond acceptors (Lipinski definition) is 2. The monoisotopic (exact) mass is 326 g/mol. The molecule has 0 radical (unpaired) electrons. The minimum absolute atomic E-state index is 0.132. The molecule has 1 N–H and O–H groups in total. The first-order chi connectivity index (χ1) is 11.2. The molecule has 0 aromatic heterocycles. The summed E-state index contributed by atoms with van der Waals surface area (Å²) < 4.78 is 0. The Balaban J connectivity index is 3.08. The molecule has 0 fully saturated rings. The molecule has 0 saturated carbocycles. The highest BCUT2D eigenvalue weighted by molar-refractivity contribution is 5.94. The molecule has 0 aromatic carbocycles. The van der Waals surface area contributed by atoms with E-state index in [4.69, 9.17) is 5.11 Å². The summed E-state index contributed by atoms with van der Waals surface area (Å²) in [7, 11) is 0. The Hall–Kier alpha value is -0.860. The van der Waals surface area contributed by atoms with Crippen LogP contribution in [0.2, 0.25) is 0 Å². The van der Waals surface area contributed by atoms with Crippen molar-refractivity contribution in [2.75, 3.05) is 0 Å². The zero-order chi connectivity index (χ0) is 17.2. The Bertz CT molecular complexity index is 287. The zero-order valence-electron chi connectivity index (χ0n) is 15.3. The Morgan fingerprint density at radius 1 is 0.609 bits per heavy atom. The van der Waals surface area contributed by atoms with E-state index in [2.05, 4.69) is 6.92 Å². The largest absolute Gasteiger partial charge is 0.481 e. The van der Waals surface area contributed by atoms with Gasteiger partial charge in [-0.15, -0.1) is 0 Å². The molecule has 0 aliphatic carbocycles. The van der Waals surface area contributed by atoms with Crippen LogP contribution >= 0.6 is 0 Å². The summed E-state index contributed by atoms with van der Waals surface area (Å²) in [4.78, 5) is 21.6. The first kappa shape index (κ1) is 22.1. The number of Topliss-reactive ketones (excluding diaryl/α,β-unsaturated/α-hetero) is 1. The second-order valence-corrected chi connectivity index (χ2v) is 6.81. The lowest BCUT2D eigenvalue weighted by Crippen LogP contribution is -2.05. The Labute approximate surface area is 143 Å². The third kappa shape index (κ3) is 19.1. The number of aliphatic carboxylic acids is 1. The maximum atomic E-state index is 11.2. The summed E-state index contributed by atoms with van der Waals surface area (Å²) in [5, 5.41) is 8.49. The lowest BCUT2D eigenvalue weighted by atomic mass is 10.0. The molecule has 136 valence electrons. The highest BCUT2D eigenvalue weighted by Gasteiger charge is 2.06. The van der Waals surface area contributed by atoms with Crippen molar-refractivity contribution < 1.29 is 14.7 Å². The standard InChI is InChI=1S/C20H38O3/c1-2-3-4-5-6-7-8-9-10-11-12-13-14-15-16-17-19(21)18-20(22)23/h2-18H2,1H3,(H,22,23). The maximum absolute atomic E-state index is 11.2. The normalized spacial score (nSPS) is 10.8. The van der Waals surface area contributed by atoms with Gasteiger partial charge in [0, 0.05) is 6.42 Å². The van der Waals surface area contributed by atoms with Crippen molar-refractivity contribution >= 4 is 11.8 Å². The van der Waals surface area contributed by atoms with Gasteiger partial charge in [-0.1, -0.05) is 96.8 Å². The third-order valence-corrected chi connectivity index (χ3v) is 4.41. The van der Waals surface area contributed by atoms with E-state index in [1.165, 1.54) is 83.5 Å². The molecule has 0 rings (SSSR count). The minimum Gasteiger partial charge on any atom is -0.481 e. The summed E-state index contributed by atoms with van der Waals surface area (Å²) in [6.45, 7) is 2.26. The molecule has 0 heterocycles. The van der Waals surface area contributed by atoms with Gasteiger partial charge in [0.15, 0.2) is 0 Å². The van der Waals surface area contributed by atoms with Crippen LogP contribution in [0.25, 0.3) is 0 Å². The number of carbonyl (C=O) groups excluding carboxylic acids is 1. The molecule has 0 saturated heterocycles. The average Bonchev–Trinajstić information content (AvgIpc) is 2.50. The van der Waals surface area contributed by atoms with Crippen LogP contribution in [0, 0.1) is 0 Å². The molecule has 0 atom stereocenters. The summed E-state index contributed by atoms with van der Waals surface area (Å²) in [5.74, 6) is -1.14. The second-order valence-electron chi connectivity index (χ2n) is 6.81. The molecule has 0 unspecified atom stereocenters. The van der Waals surface area contributed by atoms with Crippen LogP contribution in [0.1, 0.15) is 116 Å². The quantitative estimate of drug-likeness (QED) is 0.238. The van der Waals surface area contributed by atoms with Gasteiger partial charge in [0.2, 0.25) is 0 Å². The van der Waals surface area contributed by atoms with Crippen molar-refractivity contribution in [3.8, 4) is 0 Å². The number of carboxylic acid groups (broad SMARTS) is 1. The van der Waals surface area contributed by atoms with Crippen LogP contribution in [0.5, 0.6) is 0 Å².